The molecule has 0 heterocycles. The number of carbonyl (C=O) groups is 1. The van der Waals surface area contributed by atoms with Gasteiger partial charge in [-0.3, -0.25) is 4.79 Å². The van der Waals surface area contributed by atoms with Crippen molar-refractivity contribution in [2.75, 3.05) is 12.8 Å². The van der Waals surface area contributed by atoms with Crippen molar-refractivity contribution in [1.82, 2.24) is 5.32 Å². The van der Waals surface area contributed by atoms with Crippen molar-refractivity contribution in [3.63, 3.8) is 0 Å². The number of hydrogen-bond donors (Lipinski definition) is 2. The van der Waals surface area contributed by atoms with Crippen LogP contribution in [-0.4, -0.2) is 24.2 Å². The fourth-order valence-electron chi connectivity index (χ4n) is 1.72. The number of primary amides is 1. The first-order chi connectivity index (χ1) is 9.39. The van der Waals surface area contributed by atoms with Gasteiger partial charge in [-0.2, -0.15) is 0 Å². The second-order valence-electron chi connectivity index (χ2n) is 4.83. The standard InChI is InChI=1S/C14H20Cl2N2OS/c1-14(18-2,13(17)19)7-3-4-8-20-12-9-10(15)5-6-11(12)16/h5-6,9,18H,3-4,7-8H2,1-2H3,(H2,17,19). The number of benzene rings is 1. The molecule has 1 amide bonds. The van der Waals surface area contributed by atoms with Crippen LogP contribution in [0, 0.1) is 0 Å². The fraction of sp³-hybridized carbons (Fsp3) is 0.500. The molecule has 0 aliphatic carbocycles. The smallest absolute Gasteiger partial charge is 0.237 e. The highest BCUT2D eigenvalue weighted by Gasteiger charge is 2.27. The maximum absolute atomic E-state index is 11.3. The first kappa shape index (κ1) is 17.6. The number of amides is 1. The Hall–Kier alpha value is -0.420. The lowest BCUT2D eigenvalue weighted by atomic mass is 9.94. The van der Waals surface area contributed by atoms with Crippen LogP contribution < -0.4 is 11.1 Å². The summed E-state index contributed by atoms with van der Waals surface area (Å²) in [5.41, 5.74) is 4.76. The number of nitrogens with one attached hydrogen (secondary N) is 1. The molecule has 1 unspecified atom stereocenters. The molecule has 1 atom stereocenters. The van der Waals surface area contributed by atoms with Gasteiger partial charge in [-0.1, -0.05) is 29.6 Å². The van der Waals surface area contributed by atoms with Crippen LogP contribution in [0.1, 0.15) is 26.2 Å². The molecule has 6 heteroatoms. The molecule has 0 saturated heterocycles. The Morgan fingerprint density at radius 2 is 2.10 bits per heavy atom. The van der Waals surface area contributed by atoms with Crippen LogP contribution in [0.25, 0.3) is 0 Å². The molecule has 0 bridgehead atoms. The molecule has 0 radical (unpaired) electrons. The zero-order valence-electron chi connectivity index (χ0n) is 11.7. The van der Waals surface area contributed by atoms with Crippen molar-refractivity contribution in [1.29, 1.82) is 0 Å². The third-order valence-electron chi connectivity index (χ3n) is 3.32. The average molecular weight is 335 g/mol. The Bertz CT molecular complexity index is 470. The molecule has 0 aliphatic heterocycles. The Kier molecular flexibility index (Phi) is 7.17. The second-order valence-corrected chi connectivity index (χ2v) is 6.81. The quantitative estimate of drug-likeness (QED) is 0.562. The Labute approximate surface area is 134 Å². The molecule has 3 N–H and O–H groups in total. The minimum atomic E-state index is -0.627. The number of nitrogens with two attached hydrogens (primary N) is 1. The molecule has 0 saturated carbocycles. The topological polar surface area (TPSA) is 55.1 Å². The van der Waals surface area contributed by atoms with Gasteiger partial charge in [-0.25, -0.2) is 0 Å². The Morgan fingerprint density at radius 1 is 1.40 bits per heavy atom. The number of hydrogen-bond acceptors (Lipinski definition) is 3. The summed E-state index contributed by atoms with van der Waals surface area (Å²) in [6.45, 7) is 1.83. The van der Waals surface area contributed by atoms with Gasteiger partial charge in [-0.05, 0) is 50.8 Å². The third kappa shape index (κ3) is 5.17. The second kappa shape index (κ2) is 8.13. The highest BCUT2D eigenvalue weighted by atomic mass is 35.5. The molecule has 112 valence electrons. The van der Waals surface area contributed by atoms with Gasteiger partial charge in [0.2, 0.25) is 5.91 Å². The van der Waals surface area contributed by atoms with E-state index in [1.807, 2.05) is 13.0 Å². The molecule has 3 nitrogen and oxygen atoms in total. The summed E-state index contributed by atoms with van der Waals surface area (Å²) in [6.07, 6.45) is 2.63. The minimum Gasteiger partial charge on any atom is -0.368 e. The zero-order chi connectivity index (χ0) is 15.2. The van der Waals surface area contributed by atoms with E-state index in [4.69, 9.17) is 28.9 Å². The van der Waals surface area contributed by atoms with Crippen LogP contribution in [-0.2, 0) is 4.79 Å². The van der Waals surface area contributed by atoms with E-state index in [-0.39, 0.29) is 5.91 Å². The minimum absolute atomic E-state index is 0.314. The van der Waals surface area contributed by atoms with Gasteiger partial charge in [0.25, 0.3) is 0 Å². The van der Waals surface area contributed by atoms with Crippen LogP contribution in [0.15, 0.2) is 23.1 Å². The fourth-order valence-corrected chi connectivity index (χ4v) is 3.22. The van der Waals surface area contributed by atoms with Crippen molar-refractivity contribution >= 4 is 40.9 Å². The van der Waals surface area contributed by atoms with E-state index in [2.05, 4.69) is 5.32 Å². The maximum Gasteiger partial charge on any atom is 0.237 e. The van der Waals surface area contributed by atoms with Crippen molar-refractivity contribution in [2.24, 2.45) is 5.73 Å². The third-order valence-corrected chi connectivity index (χ3v) is 5.14. The van der Waals surface area contributed by atoms with E-state index < -0.39 is 5.54 Å². The lowest BCUT2D eigenvalue weighted by molar-refractivity contribution is -0.123. The van der Waals surface area contributed by atoms with Crippen LogP contribution in [0.2, 0.25) is 10.0 Å². The van der Waals surface area contributed by atoms with Crippen molar-refractivity contribution < 1.29 is 4.79 Å². The lowest BCUT2D eigenvalue weighted by Gasteiger charge is -2.25. The maximum atomic E-state index is 11.3. The van der Waals surface area contributed by atoms with Crippen LogP contribution in [0.4, 0.5) is 0 Å². The van der Waals surface area contributed by atoms with Crippen LogP contribution in [0.3, 0.4) is 0 Å². The van der Waals surface area contributed by atoms with Crippen molar-refractivity contribution in [3.05, 3.63) is 28.2 Å². The Morgan fingerprint density at radius 3 is 2.70 bits per heavy atom. The predicted octanol–water partition coefficient (Wildman–Crippen LogP) is 3.72. The van der Waals surface area contributed by atoms with Gasteiger partial charge < -0.3 is 11.1 Å². The van der Waals surface area contributed by atoms with Gasteiger partial charge in [-0.15, -0.1) is 11.8 Å². The molecule has 0 spiro atoms. The van der Waals surface area contributed by atoms with Crippen LogP contribution >= 0.6 is 35.0 Å². The molecule has 0 aromatic heterocycles. The highest BCUT2D eigenvalue weighted by Crippen LogP contribution is 2.30. The van der Waals surface area contributed by atoms with E-state index in [1.54, 1.807) is 30.9 Å². The molecule has 1 rings (SSSR count). The zero-order valence-corrected chi connectivity index (χ0v) is 14.0. The highest BCUT2D eigenvalue weighted by molar-refractivity contribution is 7.99. The normalized spacial score (nSPS) is 14.0. The van der Waals surface area contributed by atoms with E-state index >= 15 is 0 Å². The van der Waals surface area contributed by atoms with E-state index in [0.29, 0.717) is 5.02 Å². The predicted molar refractivity (Wildman–Crippen MR) is 87.7 cm³/mol. The number of rotatable bonds is 8. The summed E-state index contributed by atoms with van der Waals surface area (Å²) in [5, 5.41) is 4.39. The summed E-state index contributed by atoms with van der Waals surface area (Å²) in [6, 6.07) is 5.45. The van der Waals surface area contributed by atoms with Crippen molar-refractivity contribution in [2.45, 2.75) is 36.6 Å². The van der Waals surface area contributed by atoms with Crippen molar-refractivity contribution in [3.8, 4) is 0 Å². The Balaban J connectivity index is 2.35. The van der Waals surface area contributed by atoms with Gasteiger partial charge in [0.15, 0.2) is 0 Å². The van der Waals surface area contributed by atoms with Gasteiger partial charge >= 0.3 is 0 Å². The van der Waals surface area contributed by atoms with E-state index in [1.165, 1.54) is 0 Å². The van der Waals surface area contributed by atoms with Gasteiger partial charge in [0, 0.05) is 9.92 Å². The monoisotopic (exact) mass is 334 g/mol. The molecule has 1 aromatic rings. The van der Waals surface area contributed by atoms with Gasteiger partial charge in [0.05, 0.1) is 10.6 Å². The summed E-state index contributed by atoms with van der Waals surface area (Å²) in [7, 11) is 1.76. The largest absolute Gasteiger partial charge is 0.368 e. The molecule has 1 aromatic carbocycles. The number of thioether (sulfide) groups is 1. The number of halogens is 2. The van der Waals surface area contributed by atoms with E-state index in [9.17, 15) is 4.79 Å². The summed E-state index contributed by atoms with van der Waals surface area (Å²) in [5.74, 6) is 0.615. The average Bonchev–Trinajstić information content (AvgIpc) is 2.41. The first-order valence-electron chi connectivity index (χ1n) is 6.46. The van der Waals surface area contributed by atoms with E-state index in [0.717, 1.165) is 34.9 Å². The summed E-state index contributed by atoms with van der Waals surface area (Å²) < 4.78 is 0. The van der Waals surface area contributed by atoms with Crippen LogP contribution in [0.5, 0.6) is 0 Å². The molecule has 0 fully saturated rings. The molecular weight excluding hydrogens is 315 g/mol. The molecule has 0 aliphatic rings. The molecular formula is C14H20Cl2N2OS. The number of unbranched alkanes of at least 4 members (excludes halogenated alkanes) is 1. The number of carbonyl (C=O) groups excluding carboxylic acids is 1. The molecule has 20 heavy (non-hydrogen) atoms. The SMILES string of the molecule is CNC(C)(CCCCSc1cc(Cl)ccc1Cl)C(N)=O. The van der Waals surface area contributed by atoms with Gasteiger partial charge in [0.1, 0.15) is 0 Å². The summed E-state index contributed by atoms with van der Waals surface area (Å²) >= 11 is 13.7. The summed E-state index contributed by atoms with van der Waals surface area (Å²) in [4.78, 5) is 12.3. The number of likely N-dealkylation sites (N-methyl/N-ethyl adjacent to an activating group) is 1. The first-order valence-corrected chi connectivity index (χ1v) is 8.20. The lowest BCUT2D eigenvalue weighted by Crippen LogP contribution is -2.51.